The highest BCUT2D eigenvalue weighted by Crippen LogP contribution is 2.31. The molecular weight excluding hydrogens is 310 g/mol. The van der Waals surface area contributed by atoms with Crippen molar-refractivity contribution in [3.8, 4) is 17.5 Å². The van der Waals surface area contributed by atoms with Crippen molar-refractivity contribution in [3.63, 3.8) is 0 Å². The molecule has 0 aliphatic carbocycles. The monoisotopic (exact) mass is 333 g/mol. The zero-order valence-electron chi connectivity index (χ0n) is 14.8. The van der Waals surface area contributed by atoms with Crippen molar-refractivity contribution in [2.24, 2.45) is 0 Å². The lowest BCUT2D eigenvalue weighted by atomic mass is 10.1. The SMILES string of the molecule is COc1ccc(Nc2nc(NC(C)(C)C)nc(OC)n2)c(OC)c1. The first-order chi connectivity index (χ1) is 11.3. The summed E-state index contributed by atoms with van der Waals surface area (Å²) in [6.45, 7) is 6.05. The predicted molar refractivity (Wildman–Crippen MR) is 92.6 cm³/mol. The number of hydrogen-bond donors (Lipinski definition) is 2. The van der Waals surface area contributed by atoms with Crippen LogP contribution in [0.3, 0.4) is 0 Å². The minimum atomic E-state index is -0.193. The van der Waals surface area contributed by atoms with E-state index in [2.05, 4.69) is 25.6 Å². The van der Waals surface area contributed by atoms with Gasteiger partial charge in [-0.15, -0.1) is 0 Å². The molecule has 0 fully saturated rings. The Kier molecular flexibility index (Phi) is 5.28. The highest BCUT2D eigenvalue weighted by atomic mass is 16.5. The van der Waals surface area contributed by atoms with Gasteiger partial charge in [-0.1, -0.05) is 0 Å². The number of methoxy groups -OCH3 is 3. The van der Waals surface area contributed by atoms with Crippen LogP contribution in [0.15, 0.2) is 18.2 Å². The maximum Gasteiger partial charge on any atom is 0.322 e. The van der Waals surface area contributed by atoms with Gasteiger partial charge in [0.1, 0.15) is 11.5 Å². The average molecular weight is 333 g/mol. The lowest BCUT2D eigenvalue weighted by molar-refractivity contribution is 0.379. The molecule has 130 valence electrons. The van der Waals surface area contributed by atoms with Crippen LogP contribution in [0.2, 0.25) is 0 Å². The van der Waals surface area contributed by atoms with Crippen LogP contribution in [-0.2, 0) is 0 Å². The van der Waals surface area contributed by atoms with E-state index in [4.69, 9.17) is 14.2 Å². The number of nitrogens with zero attached hydrogens (tertiary/aromatic N) is 3. The first-order valence-electron chi connectivity index (χ1n) is 7.42. The van der Waals surface area contributed by atoms with Gasteiger partial charge in [-0.25, -0.2) is 0 Å². The Morgan fingerprint density at radius 1 is 0.875 bits per heavy atom. The third kappa shape index (κ3) is 4.61. The molecular formula is C16H23N5O3. The summed E-state index contributed by atoms with van der Waals surface area (Å²) in [5.41, 5.74) is 0.509. The zero-order chi connectivity index (χ0) is 17.7. The molecule has 2 N–H and O–H groups in total. The summed E-state index contributed by atoms with van der Waals surface area (Å²) in [7, 11) is 4.69. The van der Waals surface area contributed by atoms with Crippen molar-refractivity contribution in [2.45, 2.75) is 26.3 Å². The van der Waals surface area contributed by atoms with Crippen LogP contribution in [0.5, 0.6) is 17.5 Å². The van der Waals surface area contributed by atoms with E-state index in [0.717, 1.165) is 0 Å². The molecule has 0 atom stereocenters. The van der Waals surface area contributed by atoms with E-state index in [9.17, 15) is 0 Å². The molecule has 0 saturated heterocycles. The zero-order valence-corrected chi connectivity index (χ0v) is 14.8. The topological polar surface area (TPSA) is 90.4 Å². The molecule has 0 unspecified atom stereocenters. The number of hydrogen-bond acceptors (Lipinski definition) is 8. The Hall–Kier alpha value is -2.77. The Balaban J connectivity index is 2.33. The molecule has 0 saturated carbocycles. The van der Waals surface area contributed by atoms with Crippen molar-refractivity contribution in [3.05, 3.63) is 18.2 Å². The minimum Gasteiger partial charge on any atom is -0.497 e. The second-order valence-electron chi connectivity index (χ2n) is 6.04. The maximum absolute atomic E-state index is 5.37. The third-order valence-electron chi connectivity index (χ3n) is 2.94. The Morgan fingerprint density at radius 3 is 2.17 bits per heavy atom. The number of benzene rings is 1. The van der Waals surface area contributed by atoms with E-state index in [1.807, 2.05) is 32.9 Å². The Labute approximate surface area is 141 Å². The molecule has 8 heteroatoms. The van der Waals surface area contributed by atoms with Crippen LogP contribution < -0.4 is 24.8 Å². The molecule has 1 aromatic carbocycles. The van der Waals surface area contributed by atoms with Gasteiger partial charge in [-0.05, 0) is 32.9 Å². The average Bonchev–Trinajstić information content (AvgIpc) is 2.53. The molecule has 0 spiro atoms. The molecule has 1 heterocycles. The summed E-state index contributed by atoms with van der Waals surface area (Å²) in [6, 6.07) is 5.63. The summed E-state index contributed by atoms with van der Waals surface area (Å²) in [5, 5.41) is 6.31. The van der Waals surface area contributed by atoms with Crippen molar-refractivity contribution >= 4 is 17.6 Å². The van der Waals surface area contributed by atoms with E-state index in [0.29, 0.717) is 29.1 Å². The van der Waals surface area contributed by atoms with E-state index in [1.165, 1.54) is 7.11 Å². The van der Waals surface area contributed by atoms with Crippen molar-refractivity contribution < 1.29 is 14.2 Å². The largest absolute Gasteiger partial charge is 0.497 e. The number of rotatable bonds is 6. The van der Waals surface area contributed by atoms with Crippen LogP contribution in [0.25, 0.3) is 0 Å². The van der Waals surface area contributed by atoms with Crippen LogP contribution in [0.1, 0.15) is 20.8 Å². The van der Waals surface area contributed by atoms with E-state index in [1.54, 1.807) is 20.3 Å². The van der Waals surface area contributed by atoms with Gasteiger partial charge >= 0.3 is 6.01 Å². The fraction of sp³-hybridized carbons (Fsp3) is 0.438. The van der Waals surface area contributed by atoms with E-state index >= 15 is 0 Å². The van der Waals surface area contributed by atoms with Crippen molar-refractivity contribution in [1.29, 1.82) is 0 Å². The van der Waals surface area contributed by atoms with Gasteiger partial charge in [0.2, 0.25) is 11.9 Å². The molecule has 0 amide bonds. The first kappa shape index (κ1) is 17.6. The summed E-state index contributed by atoms with van der Waals surface area (Å²) in [4.78, 5) is 12.8. The summed E-state index contributed by atoms with van der Waals surface area (Å²) in [5.74, 6) is 2.07. The fourth-order valence-corrected chi connectivity index (χ4v) is 1.92. The third-order valence-corrected chi connectivity index (χ3v) is 2.94. The number of nitrogens with one attached hydrogen (secondary N) is 2. The Morgan fingerprint density at radius 2 is 1.58 bits per heavy atom. The lowest BCUT2D eigenvalue weighted by Gasteiger charge is -2.21. The van der Waals surface area contributed by atoms with Gasteiger partial charge in [0.15, 0.2) is 0 Å². The number of anilines is 3. The second-order valence-corrected chi connectivity index (χ2v) is 6.04. The van der Waals surface area contributed by atoms with Gasteiger partial charge in [0.25, 0.3) is 0 Å². The van der Waals surface area contributed by atoms with Crippen molar-refractivity contribution in [1.82, 2.24) is 15.0 Å². The van der Waals surface area contributed by atoms with E-state index in [-0.39, 0.29) is 11.5 Å². The summed E-state index contributed by atoms with van der Waals surface area (Å²) >= 11 is 0. The number of aromatic nitrogens is 3. The highest BCUT2D eigenvalue weighted by molar-refractivity contribution is 5.64. The molecule has 0 bridgehead atoms. The predicted octanol–water partition coefficient (Wildman–Crippen LogP) is 2.85. The van der Waals surface area contributed by atoms with Crippen molar-refractivity contribution in [2.75, 3.05) is 32.0 Å². The quantitative estimate of drug-likeness (QED) is 0.834. The van der Waals surface area contributed by atoms with Gasteiger partial charge < -0.3 is 24.8 Å². The van der Waals surface area contributed by atoms with Crippen LogP contribution in [0, 0.1) is 0 Å². The molecule has 24 heavy (non-hydrogen) atoms. The molecule has 2 rings (SSSR count). The van der Waals surface area contributed by atoms with Gasteiger partial charge in [-0.3, -0.25) is 0 Å². The van der Waals surface area contributed by atoms with Gasteiger partial charge in [0, 0.05) is 11.6 Å². The van der Waals surface area contributed by atoms with E-state index < -0.39 is 0 Å². The molecule has 1 aromatic heterocycles. The minimum absolute atomic E-state index is 0.193. The molecule has 2 aromatic rings. The van der Waals surface area contributed by atoms with Crippen LogP contribution in [-0.4, -0.2) is 41.8 Å². The first-order valence-corrected chi connectivity index (χ1v) is 7.42. The number of ether oxygens (including phenoxy) is 3. The normalized spacial score (nSPS) is 10.9. The van der Waals surface area contributed by atoms with Gasteiger partial charge in [-0.2, -0.15) is 15.0 Å². The maximum atomic E-state index is 5.37. The molecule has 8 nitrogen and oxygen atoms in total. The summed E-state index contributed by atoms with van der Waals surface area (Å²) < 4.78 is 15.7. The highest BCUT2D eigenvalue weighted by Gasteiger charge is 2.15. The molecule has 0 aliphatic rings. The van der Waals surface area contributed by atoms with Gasteiger partial charge in [0.05, 0.1) is 27.0 Å². The molecule has 0 aliphatic heterocycles. The second kappa shape index (κ2) is 7.20. The smallest absolute Gasteiger partial charge is 0.322 e. The fourth-order valence-electron chi connectivity index (χ4n) is 1.92. The summed E-state index contributed by atoms with van der Waals surface area (Å²) in [6.07, 6.45) is 0. The lowest BCUT2D eigenvalue weighted by Crippen LogP contribution is -2.27. The Bertz CT molecular complexity index is 701. The van der Waals surface area contributed by atoms with Crippen LogP contribution >= 0.6 is 0 Å². The molecule has 0 radical (unpaired) electrons. The van der Waals surface area contributed by atoms with Crippen LogP contribution in [0.4, 0.5) is 17.6 Å². The standard InChI is InChI=1S/C16H23N5O3/c1-16(2,3)21-14-18-13(19-15(20-14)24-6)17-11-8-7-10(22-4)9-12(11)23-5/h7-9H,1-6H3,(H2,17,18,19,20,21).